The minimum atomic E-state index is 0.106. The Morgan fingerprint density at radius 2 is 2.17 bits per heavy atom. The largest absolute Gasteiger partial charge is 0.454 e. The fraction of sp³-hybridized carbons (Fsp3) is 0.538. The number of anilines is 1. The third-order valence-electron chi connectivity index (χ3n) is 3.55. The second kappa shape index (κ2) is 4.66. The molecule has 2 atom stereocenters. The summed E-state index contributed by atoms with van der Waals surface area (Å²) in [4.78, 5) is 2.25. The Morgan fingerprint density at radius 3 is 3.00 bits per heavy atom. The molecule has 2 heterocycles. The van der Waals surface area contributed by atoms with Crippen molar-refractivity contribution in [3.63, 3.8) is 0 Å². The number of piperazine rings is 1. The van der Waals surface area contributed by atoms with Gasteiger partial charge in [0.25, 0.3) is 0 Å². The van der Waals surface area contributed by atoms with Gasteiger partial charge in [0.15, 0.2) is 11.5 Å². The topological polar surface area (TPSA) is 54.0 Å². The maximum Gasteiger partial charge on any atom is 0.231 e. The van der Waals surface area contributed by atoms with E-state index in [1.165, 1.54) is 0 Å². The van der Waals surface area contributed by atoms with E-state index in [-0.39, 0.29) is 12.6 Å². The first-order valence-corrected chi connectivity index (χ1v) is 6.29. The molecule has 2 aliphatic rings. The number of aliphatic hydroxyl groups is 1. The molecule has 3 rings (SSSR count). The molecule has 2 unspecified atom stereocenters. The molecule has 5 nitrogen and oxygen atoms in total. The van der Waals surface area contributed by atoms with Crippen molar-refractivity contribution < 1.29 is 14.6 Å². The van der Waals surface area contributed by atoms with Crippen molar-refractivity contribution in [1.82, 2.24) is 5.32 Å². The van der Waals surface area contributed by atoms with E-state index in [4.69, 9.17) is 9.47 Å². The zero-order valence-electron chi connectivity index (χ0n) is 10.4. The number of aliphatic hydroxyl groups excluding tert-OH is 1. The molecule has 0 bridgehead atoms. The van der Waals surface area contributed by atoms with Gasteiger partial charge in [-0.2, -0.15) is 0 Å². The molecule has 1 saturated heterocycles. The van der Waals surface area contributed by atoms with Gasteiger partial charge in [0.05, 0.1) is 12.6 Å². The average molecular weight is 250 g/mol. The fourth-order valence-electron chi connectivity index (χ4n) is 2.68. The van der Waals surface area contributed by atoms with Crippen LogP contribution in [0.5, 0.6) is 11.5 Å². The molecule has 2 N–H and O–H groups in total. The van der Waals surface area contributed by atoms with E-state index >= 15 is 0 Å². The predicted octanol–water partition coefficient (Wildman–Crippen LogP) is 0.574. The molecule has 1 fully saturated rings. The summed E-state index contributed by atoms with van der Waals surface area (Å²) in [6.07, 6.45) is 0. The van der Waals surface area contributed by atoms with Gasteiger partial charge in [0.1, 0.15) is 0 Å². The monoisotopic (exact) mass is 250 g/mol. The van der Waals surface area contributed by atoms with Crippen LogP contribution in [-0.4, -0.2) is 43.7 Å². The summed E-state index contributed by atoms with van der Waals surface area (Å²) in [7, 11) is 0. The second-order valence-electron chi connectivity index (χ2n) is 4.79. The van der Waals surface area contributed by atoms with E-state index in [0.29, 0.717) is 12.8 Å². The maximum atomic E-state index is 9.50. The van der Waals surface area contributed by atoms with Crippen LogP contribution in [0.4, 0.5) is 5.69 Å². The number of benzene rings is 1. The lowest BCUT2D eigenvalue weighted by Gasteiger charge is -2.42. The molecule has 5 heteroatoms. The molecular weight excluding hydrogens is 232 g/mol. The molecule has 0 saturated carbocycles. The number of rotatable bonds is 2. The molecule has 2 aliphatic heterocycles. The SMILES string of the molecule is CC1CNCC(CO)N1c1ccc2c(c1)OCO2. The number of hydrogen-bond acceptors (Lipinski definition) is 5. The van der Waals surface area contributed by atoms with Gasteiger partial charge in [0, 0.05) is 30.9 Å². The highest BCUT2D eigenvalue weighted by molar-refractivity contribution is 5.58. The van der Waals surface area contributed by atoms with Gasteiger partial charge < -0.3 is 24.8 Å². The highest BCUT2D eigenvalue weighted by Crippen LogP contribution is 2.36. The summed E-state index contributed by atoms with van der Waals surface area (Å²) >= 11 is 0. The summed E-state index contributed by atoms with van der Waals surface area (Å²) in [6, 6.07) is 6.40. The molecule has 0 spiro atoms. The molecule has 1 aromatic rings. The van der Waals surface area contributed by atoms with Crippen molar-refractivity contribution in [2.24, 2.45) is 0 Å². The van der Waals surface area contributed by atoms with Gasteiger partial charge in [-0.15, -0.1) is 0 Å². The number of fused-ring (bicyclic) bond motifs is 1. The van der Waals surface area contributed by atoms with Gasteiger partial charge >= 0.3 is 0 Å². The minimum Gasteiger partial charge on any atom is -0.454 e. The summed E-state index contributed by atoms with van der Waals surface area (Å²) < 4.78 is 10.7. The summed E-state index contributed by atoms with van der Waals surface area (Å²) in [5, 5.41) is 12.8. The molecule has 1 aromatic carbocycles. The predicted molar refractivity (Wildman–Crippen MR) is 68.2 cm³/mol. The molecule has 0 radical (unpaired) electrons. The Morgan fingerprint density at radius 1 is 1.33 bits per heavy atom. The molecule has 98 valence electrons. The first-order valence-electron chi connectivity index (χ1n) is 6.29. The van der Waals surface area contributed by atoms with Crippen molar-refractivity contribution >= 4 is 5.69 Å². The normalized spacial score (nSPS) is 26.4. The van der Waals surface area contributed by atoms with Gasteiger partial charge in [-0.05, 0) is 19.1 Å². The quantitative estimate of drug-likeness (QED) is 0.804. The maximum absolute atomic E-state index is 9.50. The van der Waals surface area contributed by atoms with E-state index < -0.39 is 0 Å². The highest BCUT2D eigenvalue weighted by atomic mass is 16.7. The second-order valence-corrected chi connectivity index (χ2v) is 4.79. The van der Waals surface area contributed by atoms with Gasteiger partial charge in [-0.25, -0.2) is 0 Å². The number of nitrogens with one attached hydrogen (secondary N) is 1. The van der Waals surface area contributed by atoms with Crippen LogP contribution >= 0.6 is 0 Å². The molecule has 0 aromatic heterocycles. The van der Waals surface area contributed by atoms with Crippen LogP contribution in [0, 0.1) is 0 Å². The first kappa shape index (κ1) is 11.6. The van der Waals surface area contributed by atoms with Crippen LogP contribution in [0.25, 0.3) is 0 Å². The fourth-order valence-corrected chi connectivity index (χ4v) is 2.68. The number of ether oxygens (including phenoxy) is 2. The van der Waals surface area contributed by atoms with Gasteiger partial charge in [0.2, 0.25) is 6.79 Å². The highest BCUT2D eigenvalue weighted by Gasteiger charge is 2.28. The van der Waals surface area contributed by atoms with Crippen molar-refractivity contribution in [2.45, 2.75) is 19.0 Å². The van der Waals surface area contributed by atoms with Crippen LogP contribution in [-0.2, 0) is 0 Å². The Hall–Kier alpha value is -1.46. The summed E-state index contributed by atoms with van der Waals surface area (Å²) in [6.45, 7) is 4.31. The Kier molecular flexibility index (Phi) is 3.01. The number of nitrogens with zero attached hydrogens (tertiary/aromatic N) is 1. The third kappa shape index (κ3) is 1.89. The van der Waals surface area contributed by atoms with Gasteiger partial charge in [-0.1, -0.05) is 0 Å². The lowest BCUT2D eigenvalue weighted by molar-refractivity contribution is 0.174. The van der Waals surface area contributed by atoms with Crippen LogP contribution < -0.4 is 19.7 Å². The van der Waals surface area contributed by atoms with Crippen molar-refractivity contribution in [3.05, 3.63) is 18.2 Å². The van der Waals surface area contributed by atoms with Crippen molar-refractivity contribution in [1.29, 1.82) is 0 Å². The molecular formula is C13H18N2O3. The summed E-state index contributed by atoms with van der Waals surface area (Å²) in [5.41, 5.74) is 1.08. The third-order valence-corrected chi connectivity index (χ3v) is 3.55. The molecule has 0 amide bonds. The zero-order chi connectivity index (χ0) is 12.5. The Bertz CT molecular complexity index is 438. The smallest absolute Gasteiger partial charge is 0.231 e. The lowest BCUT2D eigenvalue weighted by Crippen LogP contribution is -2.57. The van der Waals surface area contributed by atoms with Crippen molar-refractivity contribution in [2.75, 3.05) is 31.4 Å². The first-order chi connectivity index (χ1) is 8.79. The van der Waals surface area contributed by atoms with E-state index in [1.54, 1.807) is 0 Å². The minimum absolute atomic E-state index is 0.106. The average Bonchev–Trinajstić information content (AvgIpc) is 2.85. The molecule has 0 aliphatic carbocycles. The van der Waals surface area contributed by atoms with Crippen LogP contribution in [0.15, 0.2) is 18.2 Å². The van der Waals surface area contributed by atoms with Crippen molar-refractivity contribution in [3.8, 4) is 11.5 Å². The number of hydrogen-bond donors (Lipinski definition) is 2. The van der Waals surface area contributed by atoms with E-state index in [1.807, 2.05) is 18.2 Å². The van der Waals surface area contributed by atoms with E-state index in [0.717, 1.165) is 30.3 Å². The van der Waals surface area contributed by atoms with Gasteiger partial charge in [-0.3, -0.25) is 0 Å². The van der Waals surface area contributed by atoms with Crippen LogP contribution in [0.3, 0.4) is 0 Å². The van der Waals surface area contributed by atoms with E-state index in [9.17, 15) is 5.11 Å². The lowest BCUT2D eigenvalue weighted by atomic mass is 10.1. The standard InChI is InChI=1S/C13H18N2O3/c1-9-5-14-6-11(7-16)15(9)10-2-3-12-13(4-10)18-8-17-12/h2-4,9,11,14,16H,5-8H2,1H3. The Balaban J connectivity index is 1.91. The zero-order valence-corrected chi connectivity index (χ0v) is 10.4. The molecule has 18 heavy (non-hydrogen) atoms. The van der Waals surface area contributed by atoms with E-state index in [2.05, 4.69) is 17.1 Å². The Labute approximate surface area is 106 Å². The summed E-state index contributed by atoms with van der Waals surface area (Å²) in [5.74, 6) is 1.58. The van der Waals surface area contributed by atoms with Crippen LogP contribution in [0.2, 0.25) is 0 Å². The van der Waals surface area contributed by atoms with Crippen LogP contribution in [0.1, 0.15) is 6.92 Å².